The van der Waals surface area contributed by atoms with Crippen LogP contribution in [0.15, 0.2) is 30.3 Å². The lowest BCUT2D eigenvalue weighted by atomic mass is 9.84. The van der Waals surface area contributed by atoms with E-state index < -0.39 is 0 Å². The van der Waals surface area contributed by atoms with Gasteiger partial charge in [-0.2, -0.15) is 0 Å². The Morgan fingerprint density at radius 3 is 2.84 bits per heavy atom. The van der Waals surface area contributed by atoms with Gasteiger partial charge in [-0.25, -0.2) is 4.79 Å². The first-order valence-electron chi connectivity index (χ1n) is 7.29. The van der Waals surface area contributed by atoms with Crippen LogP contribution in [-0.4, -0.2) is 29.7 Å². The summed E-state index contributed by atoms with van der Waals surface area (Å²) in [6.07, 6.45) is 4.22. The molecule has 2 heterocycles. The van der Waals surface area contributed by atoms with Gasteiger partial charge >= 0.3 is 6.09 Å². The van der Waals surface area contributed by atoms with Crippen molar-refractivity contribution in [1.29, 1.82) is 0 Å². The van der Waals surface area contributed by atoms with Crippen molar-refractivity contribution in [3.63, 3.8) is 0 Å². The zero-order chi connectivity index (χ0) is 13.2. The molecule has 0 aromatic heterocycles. The molecule has 3 heteroatoms. The largest absolute Gasteiger partial charge is 0.444 e. The molecule has 19 heavy (non-hydrogen) atoms. The van der Waals surface area contributed by atoms with E-state index in [0.717, 1.165) is 32.2 Å². The second-order valence-corrected chi connectivity index (χ2v) is 5.67. The predicted molar refractivity (Wildman–Crippen MR) is 73.9 cm³/mol. The van der Waals surface area contributed by atoms with Crippen LogP contribution in [0.25, 0.3) is 0 Å². The third kappa shape index (κ3) is 2.46. The highest BCUT2D eigenvalue weighted by molar-refractivity contribution is 5.70. The van der Waals surface area contributed by atoms with Crippen molar-refractivity contribution in [3.05, 3.63) is 35.9 Å². The number of ether oxygens (including phenoxy) is 1. The van der Waals surface area contributed by atoms with Gasteiger partial charge in [0.15, 0.2) is 0 Å². The molecule has 3 atom stereocenters. The monoisotopic (exact) mass is 259 g/mol. The fourth-order valence-corrected chi connectivity index (χ4v) is 3.42. The molecule has 1 amide bonds. The topological polar surface area (TPSA) is 29.5 Å². The van der Waals surface area contributed by atoms with Crippen LogP contribution in [0.4, 0.5) is 4.79 Å². The lowest BCUT2D eigenvalue weighted by molar-refractivity contribution is 0.125. The van der Waals surface area contributed by atoms with Crippen LogP contribution in [0, 0.1) is 5.92 Å². The highest BCUT2D eigenvalue weighted by Gasteiger charge is 2.44. The summed E-state index contributed by atoms with van der Waals surface area (Å²) in [5.74, 6) is 0.673. The first-order valence-corrected chi connectivity index (χ1v) is 7.29. The van der Waals surface area contributed by atoms with Crippen molar-refractivity contribution in [1.82, 2.24) is 4.90 Å². The molecule has 0 aliphatic carbocycles. The van der Waals surface area contributed by atoms with Crippen LogP contribution in [0.2, 0.25) is 0 Å². The van der Waals surface area contributed by atoms with Gasteiger partial charge in [0.05, 0.1) is 6.04 Å². The van der Waals surface area contributed by atoms with Gasteiger partial charge in [0, 0.05) is 6.54 Å². The molecule has 0 radical (unpaired) electrons. The molecule has 2 aliphatic heterocycles. The standard InChI is InChI=1S/C16H21NO2/c1-2-15-14-11-13(8-9-17(14)16(18)19-15)10-12-6-4-3-5-7-12/h3-7,13-15H,2,8-11H2,1H3/t13-,14-,15+/m1/s1. The van der Waals surface area contributed by atoms with E-state index in [1.165, 1.54) is 5.56 Å². The minimum atomic E-state index is -0.102. The van der Waals surface area contributed by atoms with Crippen molar-refractivity contribution in [2.24, 2.45) is 5.92 Å². The summed E-state index contributed by atoms with van der Waals surface area (Å²) in [4.78, 5) is 13.7. The van der Waals surface area contributed by atoms with Crippen molar-refractivity contribution in [2.45, 2.75) is 44.8 Å². The molecule has 0 saturated carbocycles. The summed E-state index contributed by atoms with van der Waals surface area (Å²) in [6.45, 7) is 2.96. The molecule has 0 N–H and O–H groups in total. The van der Waals surface area contributed by atoms with E-state index in [-0.39, 0.29) is 12.2 Å². The van der Waals surface area contributed by atoms with Gasteiger partial charge in [0.25, 0.3) is 0 Å². The fourth-order valence-electron chi connectivity index (χ4n) is 3.42. The van der Waals surface area contributed by atoms with Gasteiger partial charge in [-0.1, -0.05) is 37.3 Å². The Labute approximate surface area is 114 Å². The number of hydrogen-bond acceptors (Lipinski definition) is 2. The lowest BCUT2D eigenvalue weighted by Gasteiger charge is -2.34. The van der Waals surface area contributed by atoms with E-state index >= 15 is 0 Å². The number of cyclic esters (lactones) is 1. The van der Waals surface area contributed by atoms with E-state index in [9.17, 15) is 4.79 Å². The molecular formula is C16H21NO2. The average molecular weight is 259 g/mol. The Hall–Kier alpha value is -1.51. The fraction of sp³-hybridized carbons (Fsp3) is 0.562. The van der Waals surface area contributed by atoms with Crippen LogP contribution in [0.1, 0.15) is 31.7 Å². The highest BCUT2D eigenvalue weighted by atomic mass is 16.6. The zero-order valence-corrected chi connectivity index (χ0v) is 11.4. The Kier molecular flexibility index (Phi) is 3.45. The number of carbonyl (C=O) groups excluding carboxylic acids is 1. The summed E-state index contributed by atoms with van der Waals surface area (Å²) in [5, 5.41) is 0. The van der Waals surface area contributed by atoms with Crippen LogP contribution >= 0.6 is 0 Å². The quantitative estimate of drug-likeness (QED) is 0.834. The first kappa shape index (κ1) is 12.5. The number of amides is 1. The number of benzene rings is 1. The first-order chi connectivity index (χ1) is 9.28. The molecule has 102 valence electrons. The molecule has 2 saturated heterocycles. The Morgan fingerprint density at radius 2 is 2.11 bits per heavy atom. The summed E-state index contributed by atoms with van der Waals surface area (Å²) in [5.41, 5.74) is 1.40. The summed E-state index contributed by atoms with van der Waals surface area (Å²) < 4.78 is 5.44. The van der Waals surface area contributed by atoms with Crippen LogP contribution in [0.3, 0.4) is 0 Å². The normalized spacial score (nSPS) is 30.1. The van der Waals surface area contributed by atoms with Crippen LogP contribution in [0.5, 0.6) is 0 Å². The third-order valence-electron chi connectivity index (χ3n) is 4.44. The van der Waals surface area contributed by atoms with Crippen LogP contribution < -0.4 is 0 Å². The van der Waals surface area contributed by atoms with E-state index in [1.807, 2.05) is 4.90 Å². The number of rotatable bonds is 3. The Bertz CT molecular complexity index is 445. The maximum Gasteiger partial charge on any atom is 0.410 e. The molecule has 0 spiro atoms. The van der Waals surface area contributed by atoms with Crippen molar-refractivity contribution >= 4 is 6.09 Å². The molecule has 2 aliphatic rings. The second-order valence-electron chi connectivity index (χ2n) is 5.67. The summed E-state index contributed by atoms with van der Waals surface area (Å²) in [6, 6.07) is 11.0. The Morgan fingerprint density at radius 1 is 1.32 bits per heavy atom. The predicted octanol–water partition coefficient (Wildman–Crippen LogP) is 3.24. The third-order valence-corrected chi connectivity index (χ3v) is 4.44. The van der Waals surface area contributed by atoms with Gasteiger partial charge in [-0.15, -0.1) is 0 Å². The van der Waals surface area contributed by atoms with Gasteiger partial charge in [0.1, 0.15) is 6.10 Å². The number of nitrogens with zero attached hydrogens (tertiary/aromatic N) is 1. The number of fused-ring (bicyclic) bond motifs is 1. The van der Waals surface area contributed by atoms with Gasteiger partial charge in [-0.05, 0) is 37.2 Å². The average Bonchev–Trinajstić information content (AvgIpc) is 2.76. The molecule has 2 fully saturated rings. The van der Waals surface area contributed by atoms with Gasteiger partial charge < -0.3 is 9.64 Å². The molecule has 3 rings (SSSR count). The zero-order valence-electron chi connectivity index (χ0n) is 11.4. The minimum absolute atomic E-state index is 0.102. The number of hydrogen-bond donors (Lipinski definition) is 0. The molecular weight excluding hydrogens is 238 g/mol. The second kappa shape index (κ2) is 5.24. The van der Waals surface area contributed by atoms with Crippen molar-refractivity contribution in [2.75, 3.05) is 6.54 Å². The highest BCUT2D eigenvalue weighted by Crippen LogP contribution is 2.34. The summed E-state index contributed by atoms with van der Waals surface area (Å²) in [7, 11) is 0. The number of piperidine rings is 1. The molecule has 3 nitrogen and oxygen atoms in total. The number of carbonyl (C=O) groups is 1. The minimum Gasteiger partial charge on any atom is -0.444 e. The van der Waals surface area contributed by atoms with Crippen LogP contribution in [-0.2, 0) is 11.2 Å². The summed E-state index contributed by atoms with van der Waals surface area (Å²) >= 11 is 0. The van der Waals surface area contributed by atoms with Gasteiger partial charge in [-0.3, -0.25) is 0 Å². The SMILES string of the molecule is CC[C@@H]1OC(=O)N2CC[C@H](Cc3ccccc3)C[C@H]12. The molecule has 0 unspecified atom stereocenters. The maximum absolute atomic E-state index is 11.7. The lowest BCUT2D eigenvalue weighted by Crippen LogP contribution is -2.43. The van der Waals surface area contributed by atoms with Gasteiger partial charge in [0.2, 0.25) is 0 Å². The van der Waals surface area contributed by atoms with Crippen molar-refractivity contribution in [3.8, 4) is 0 Å². The molecule has 1 aromatic carbocycles. The smallest absolute Gasteiger partial charge is 0.410 e. The Balaban J connectivity index is 1.66. The van der Waals surface area contributed by atoms with E-state index in [1.54, 1.807) is 0 Å². The molecule has 0 bridgehead atoms. The molecule has 1 aromatic rings. The van der Waals surface area contributed by atoms with Crippen molar-refractivity contribution < 1.29 is 9.53 Å². The van der Waals surface area contributed by atoms with E-state index in [0.29, 0.717) is 12.0 Å². The van der Waals surface area contributed by atoms with E-state index in [2.05, 4.69) is 37.3 Å². The van der Waals surface area contributed by atoms with E-state index in [4.69, 9.17) is 4.74 Å². The maximum atomic E-state index is 11.7.